The van der Waals surface area contributed by atoms with Crippen LogP contribution in [0.15, 0.2) is 0 Å². The summed E-state index contributed by atoms with van der Waals surface area (Å²) in [5, 5.41) is 12.5. The summed E-state index contributed by atoms with van der Waals surface area (Å²) in [7, 11) is -3.38. The van der Waals surface area contributed by atoms with Gasteiger partial charge in [-0.3, -0.25) is 4.79 Å². The van der Waals surface area contributed by atoms with Crippen LogP contribution in [0.4, 0.5) is 0 Å². The third kappa shape index (κ3) is 5.57. The van der Waals surface area contributed by atoms with Crippen LogP contribution in [-0.2, 0) is 24.4 Å². The molecule has 0 unspecified atom stereocenters. The van der Waals surface area contributed by atoms with E-state index in [2.05, 4.69) is 5.32 Å². The van der Waals surface area contributed by atoms with Gasteiger partial charge in [0.2, 0.25) is 5.91 Å². The Hall–Kier alpha value is 0.260. The largest absolute Gasteiger partial charge is 1.00 e. The second kappa shape index (κ2) is 7.50. The first-order chi connectivity index (χ1) is 8.58. The molecule has 1 fully saturated rings. The third-order valence-electron chi connectivity index (χ3n) is 2.98. The molecule has 112 valence electrons. The van der Waals surface area contributed by atoms with E-state index >= 15 is 0 Å². The minimum atomic E-state index is -4.58. The Morgan fingerprint density at radius 3 is 2.50 bits per heavy atom. The summed E-state index contributed by atoms with van der Waals surface area (Å²) >= 11 is 0. The number of carbonyl (C=O) groups excluding carboxylic acids is 1. The van der Waals surface area contributed by atoms with Crippen molar-refractivity contribution >= 4 is 16.0 Å². The average Bonchev–Trinajstić information content (AvgIpc) is 2.21. The number of hydrogen-bond donors (Lipinski definition) is 2. The molecule has 2 N–H and O–H groups in total. The summed E-state index contributed by atoms with van der Waals surface area (Å²) in [6, 6.07) is -0.685. The minimum absolute atomic E-state index is 0. The van der Waals surface area contributed by atoms with Crippen molar-refractivity contribution in [3.05, 3.63) is 0 Å². The predicted molar refractivity (Wildman–Crippen MR) is 63.1 cm³/mol. The normalized spacial score (nSPS) is 34.1. The van der Waals surface area contributed by atoms with Crippen molar-refractivity contribution in [3.8, 4) is 0 Å². The van der Waals surface area contributed by atoms with Crippen LogP contribution in [0, 0.1) is 0 Å². The van der Waals surface area contributed by atoms with Gasteiger partial charge in [0.05, 0.1) is 34.1 Å². The summed E-state index contributed by atoms with van der Waals surface area (Å²) in [4.78, 5) is 11.0. The molecule has 1 aliphatic rings. The molecule has 0 saturated carbocycles. The van der Waals surface area contributed by atoms with E-state index in [1.165, 1.54) is 14.0 Å². The molecule has 1 rings (SSSR count). The molecule has 1 amide bonds. The summed E-state index contributed by atoms with van der Waals surface area (Å²) < 4.78 is 43.0. The summed E-state index contributed by atoms with van der Waals surface area (Å²) in [5.41, 5.74) is 0. The van der Waals surface area contributed by atoms with E-state index in [0.29, 0.717) is 0 Å². The molecule has 0 aromatic carbocycles. The van der Waals surface area contributed by atoms with Crippen molar-refractivity contribution in [1.82, 2.24) is 5.32 Å². The van der Waals surface area contributed by atoms with Gasteiger partial charge in [-0.05, 0) is 6.92 Å². The number of methoxy groups -OCH3 is 1. The maximum Gasteiger partial charge on any atom is 1.00 e. The van der Waals surface area contributed by atoms with Crippen molar-refractivity contribution in [2.45, 2.75) is 44.3 Å². The molecule has 0 aromatic heterocycles. The molecule has 0 radical (unpaired) electrons. The zero-order valence-corrected chi connectivity index (χ0v) is 14.8. The molecule has 1 aliphatic heterocycles. The molecule has 8 nitrogen and oxygen atoms in total. The number of carbonyl (C=O) groups is 1. The second-order valence-electron chi connectivity index (χ2n) is 4.64. The van der Waals surface area contributed by atoms with Crippen molar-refractivity contribution < 1.29 is 61.9 Å². The first-order valence-corrected chi connectivity index (χ1v) is 7.28. The number of aliphatic hydroxyl groups excluding tert-OH is 1. The minimum Gasteiger partial charge on any atom is -0.748 e. The van der Waals surface area contributed by atoms with Gasteiger partial charge in [0, 0.05) is 20.5 Å². The first-order valence-electron chi connectivity index (χ1n) is 5.70. The fourth-order valence-electron chi connectivity index (χ4n) is 2.22. The van der Waals surface area contributed by atoms with E-state index in [9.17, 15) is 22.9 Å². The van der Waals surface area contributed by atoms with Gasteiger partial charge < -0.3 is 24.4 Å². The Bertz CT molecular complexity index is 429. The van der Waals surface area contributed by atoms with Crippen LogP contribution in [0.3, 0.4) is 0 Å². The molecule has 0 bridgehead atoms. The number of aliphatic hydroxyl groups is 1. The molecule has 1 saturated heterocycles. The predicted octanol–water partition coefficient (Wildman–Crippen LogP) is -4.45. The Balaban J connectivity index is 0.00000361. The zero-order valence-electron chi connectivity index (χ0n) is 12.0. The second-order valence-corrected chi connectivity index (χ2v) is 6.04. The van der Waals surface area contributed by atoms with E-state index in [1.54, 1.807) is 6.92 Å². The fraction of sp³-hybridized carbons (Fsp3) is 0.900. The van der Waals surface area contributed by atoms with E-state index < -0.39 is 39.9 Å². The van der Waals surface area contributed by atoms with Gasteiger partial charge >= 0.3 is 29.6 Å². The summed E-state index contributed by atoms with van der Waals surface area (Å²) in [6.07, 6.45) is -2.00. The molecule has 0 aliphatic carbocycles. The molecular formula is C10H18NNaO7S. The third-order valence-corrected chi connectivity index (χ3v) is 3.77. The van der Waals surface area contributed by atoms with Gasteiger partial charge in [0.25, 0.3) is 0 Å². The van der Waals surface area contributed by atoms with Gasteiger partial charge in [0.15, 0.2) is 5.79 Å². The van der Waals surface area contributed by atoms with Crippen molar-refractivity contribution in [2.75, 3.05) is 12.9 Å². The van der Waals surface area contributed by atoms with E-state index in [1.807, 2.05) is 0 Å². The van der Waals surface area contributed by atoms with Crippen LogP contribution >= 0.6 is 0 Å². The molecule has 4 atom stereocenters. The summed E-state index contributed by atoms with van der Waals surface area (Å²) in [5.74, 6) is -2.93. The monoisotopic (exact) mass is 319 g/mol. The SMILES string of the molecule is CO[C@@]1(CS(=O)(=O)[O-])C[C@H](O)[C@@H](NC(C)=O)[C@H](C)O1.[Na+]. The van der Waals surface area contributed by atoms with Crippen molar-refractivity contribution in [1.29, 1.82) is 0 Å². The smallest absolute Gasteiger partial charge is 0.748 e. The summed E-state index contributed by atoms with van der Waals surface area (Å²) in [6.45, 7) is 2.84. The van der Waals surface area contributed by atoms with E-state index in [0.717, 1.165) is 0 Å². The van der Waals surface area contributed by atoms with Crippen LogP contribution in [0.1, 0.15) is 20.3 Å². The van der Waals surface area contributed by atoms with Gasteiger partial charge in [-0.2, -0.15) is 0 Å². The van der Waals surface area contributed by atoms with Gasteiger partial charge in [-0.15, -0.1) is 0 Å². The van der Waals surface area contributed by atoms with Gasteiger partial charge in [-0.1, -0.05) is 0 Å². The fourth-order valence-corrected chi connectivity index (χ4v) is 3.06. The number of hydrogen-bond acceptors (Lipinski definition) is 7. The molecular weight excluding hydrogens is 301 g/mol. The molecule has 20 heavy (non-hydrogen) atoms. The van der Waals surface area contributed by atoms with Crippen LogP contribution < -0.4 is 34.9 Å². The zero-order chi connectivity index (χ0) is 14.8. The number of amides is 1. The Kier molecular flexibility index (Phi) is 7.60. The number of rotatable bonds is 4. The Morgan fingerprint density at radius 1 is 1.60 bits per heavy atom. The van der Waals surface area contributed by atoms with Crippen molar-refractivity contribution in [3.63, 3.8) is 0 Å². The van der Waals surface area contributed by atoms with Gasteiger partial charge in [-0.25, -0.2) is 8.42 Å². The number of ether oxygens (including phenoxy) is 2. The van der Waals surface area contributed by atoms with Crippen LogP contribution in [0.2, 0.25) is 0 Å². The maximum atomic E-state index is 11.0. The van der Waals surface area contributed by atoms with E-state index in [4.69, 9.17) is 9.47 Å². The topological polar surface area (TPSA) is 125 Å². The van der Waals surface area contributed by atoms with Crippen LogP contribution in [0.5, 0.6) is 0 Å². The maximum absolute atomic E-state index is 11.0. The molecule has 0 aromatic rings. The molecule has 1 heterocycles. The van der Waals surface area contributed by atoms with E-state index in [-0.39, 0.29) is 41.9 Å². The van der Waals surface area contributed by atoms with Crippen LogP contribution in [0.25, 0.3) is 0 Å². The molecule has 0 spiro atoms. The standard InChI is InChI=1S/C10H19NO7S.Na/c1-6-9(11-7(2)12)8(13)4-10(17-3,18-6)5-19(14,15)16;/h6,8-9,13H,4-5H2,1-3H3,(H,11,12)(H,14,15,16);/q;+1/p-1/t6-,8-,9-,10-;/m0./s1. The first kappa shape index (κ1) is 20.3. The van der Waals surface area contributed by atoms with Crippen LogP contribution in [-0.4, -0.2) is 60.9 Å². The van der Waals surface area contributed by atoms with Gasteiger partial charge in [0.1, 0.15) is 0 Å². The van der Waals surface area contributed by atoms with Crippen molar-refractivity contribution in [2.24, 2.45) is 0 Å². The Morgan fingerprint density at radius 2 is 2.15 bits per heavy atom. The quantitative estimate of drug-likeness (QED) is 0.395. The number of nitrogens with one attached hydrogen (secondary N) is 1. The Labute approximate surface area is 140 Å². The molecule has 10 heteroatoms. The average molecular weight is 319 g/mol.